The van der Waals surface area contributed by atoms with Crippen LogP contribution in [0.4, 0.5) is 18.9 Å². The summed E-state index contributed by atoms with van der Waals surface area (Å²) >= 11 is 5.79. The molecule has 10 heteroatoms. The Morgan fingerprint density at radius 3 is 2.58 bits per heavy atom. The van der Waals surface area contributed by atoms with Gasteiger partial charge < -0.3 is 20.3 Å². The van der Waals surface area contributed by atoms with Gasteiger partial charge in [0.05, 0.1) is 34.8 Å². The Kier molecular flexibility index (Phi) is 8.47. The third-order valence-corrected chi connectivity index (χ3v) is 6.91. The Labute approximate surface area is 225 Å². The Hall–Kier alpha value is -3.30. The predicted octanol–water partition coefficient (Wildman–Crippen LogP) is 6.02. The second-order valence-corrected chi connectivity index (χ2v) is 9.43. The minimum absolute atomic E-state index is 0.0701. The summed E-state index contributed by atoms with van der Waals surface area (Å²) in [5, 5.41) is -0.0701. The van der Waals surface area contributed by atoms with Crippen molar-refractivity contribution in [3.63, 3.8) is 0 Å². The fourth-order valence-electron chi connectivity index (χ4n) is 4.83. The van der Waals surface area contributed by atoms with Crippen LogP contribution in [-0.4, -0.2) is 48.1 Å². The lowest BCUT2D eigenvalue weighted by Gasteiger charge is -2.43. The number of halogens is 4. The highest BCUT2D eigenvalue weighted by molar-refractivity contribution is 6.30. The van der Waals surface area contributed by atoms with Crippen LogP contribution in [0, 0.1) is 0 Å². The zero-order chi connectivity index (χ0) is 27.4. The molecule has 1 atom stereocenters. The quantitative estimate of drug-likeness (QED) is 0.392. The van der Waals surface area contributed by atoms with Crippen molar-refractivity contribution in [1.29, 1.82) is 0 Å². The molecule has 1 saturated heterocycles. The van der Waals surface area contributed by atoms with Crippen LogP contribution >= 0.6 is 11.6 Å². The van der Waals surface area contributed by atoms with E-state index in [1.54, 1.807) is 0 Å². The summed E-state index contributed by atoms with van der Waals surface area (Å²) in [4.78, 5) is 21.7. The van der Waals surface area contributed by atoms with E-state index in [9.17, 15) is 18.0 Å². The van der Waals surface area contributed by atoms with Crippen molar-refractivity contribution in [3.8, 4) is 17.0 Å². The number of piperazine rings is 1. The maximum atomic E-state index is 13.6. The third-order valence-electron chi connectivity index (χ3n) is 6.67. The van der Waals surface area contributed by atoms with Crippen molar-refractivity contribution in [1.82, 2.24) is 9.88 Å². The molecular formula is C28H30ClF3N4O2. The van der Waals surface area contributed by atoms with Gasteiger partial charge in [0.25, 0.3) is 5.91 Å². The molecule has 38 heavy (non-hydrogen) atoms. The largest absolute Gasteiger partial charge is 0.493 e. The summed E-state index contributed by atoms with van der Waals surface area (Å²) in [5.41, 5.74) is 7.84. The number of nitrogens with two attached hydrogens (primary N) is 1. The zero-order valence-corrected chi connectivity index (χ0v) is 22.0. The molecule has 0 unspecified atom stereocenters. The van der Waals surface area contributed by atoms with Crippen molar-refractivity contribution in [3.05, 3.63) is 76.4 Å². The number of hydrogen-bond acceptors (Lipinski definition) is 5. The second-order valence-electron chi connectivity index (χ2n) is 8.99. The molecule has 0 bridgehead atoms. The van der Waals surface area contributed by atoms with E-state index < -0.39 is 23.2 Å². The monoisotopic (exact) mass is 546 g/mol. The molecule has 3 aromatic rings. The van der Waals surface area contributed by atoms with Crippen LogP contribution in [0.2, 0.25) is 5.02 Å². The average molecular weight is 547 g/mol. The maximum Gasteiger partial charge on any atom is 0.417 e. The fraction of sp³-hybridized carbons (Fsp3) is 0.357. The number of amides is 1. The molecule has 0 aliphatic carbocycles. The van der Waals surface area contributed by atoms with Crippen LogP contribution < -0.4 is 15.4 Å². The van der Waals surface area contributed by atoms with Gasteiger partial charge in [0.1, 0.15) is 5.75 Å². The summed E-state index contributed by atoms with van der Waals surface area (Å²) in [5.74, 6) is 0.0735. The molecule has 0 spiro atoms. The van der Waals surface area contributed by atoms with Gasteiger partial charge in [-0.05, 0) is 55.8 Å². The topological polar surface area (TPSA) is 71.7 Å². The van der Waals surface area contributed by atoms with Crippen LogP contribution in [0.3, 0.4) is 0 Å². The van der Waals surface area contributed by atoms with E-state index in [2.05, 4.69) is 4.90 Å². The molecule has 0 radical (unpaired) electrons. The van der Waals surface area contributed by atoms with Crippen molar-refractivity contribution in [2.45, 2.75) is 39.0 Å². The first-order valence-corrected chi connectivity index (χ1v) is 12.9. The van der Waals surface area contributed by atoms with Crippen molar-refractivity contribution >= 4 is 23.2 Å². The summed E-state index contributed by atoms with van der Waals surface area (Å²) < 4.78 is 46.6. The molecule has 1 amide bonds. The molecule has 1 aromatic heterocycles. The van der Waals surface area contributed by atoms with E-state index in [0.29, 0.717) is 25.3 Å². The van der Waals surface area contributed by atoms with E-state index in [1.165, 1.54) is 11.0 Å². The highest BCUT2D eigenvalue weighted by Crippen LogP contribution is 2.36. The summed E-state index contributed by atoms with van der Waals surface area (Å²) in [6, 6.07) is 14.7. The number of anilines is 1. The van der Waals surface area contributed by atoms with Crippen LogP contribution in [0.15, 0.2) is 54.6 Å². The maximum absolute atomic E-state index is 13.6. The Morgan fingerprint density at radius 2 is 1.89 bits per heavy atom. The minimum Gasteiger partial charge on any atom is -0.493 e. The number of rotatable bonds is 7. The number of aromatic nitrogens is 1. The molecule has 1 fully saturated rings. The molecule has 2 aromatic carbocycles. The number of carbonyl (C=O) groups is 1. The Morgan fingerprint density at radius 1 is 1.13 bits per heavy atom. The highest BCUT2D eigenvalue weighted by Gasteiger charge is 2.38. The van der Waals surface area contributed by atoms with Crippen LogP contribution in [-0.2, 0) is 12.7 Å². The van der Waals surface area contributed by atoms with Crippen molar-refractivity contribution in [2.75, 3.05) is 31.1 Å². The number of hydrogen-bond donors (Lipinski definition) is 1. The number of nitrogens with zero attached hydrogens (tertiary/aromatic N) is 3. The van der Waals surface area contributed by atoms with Crippen LogP contribution in [0.5, 0.6) is 5.75 Å². The standard InChI is InChI=1S/C28H30ClF3N4O2/c1-3-19-17-35(27(37)20-10-9-18(29)15-22(20)28(30,31)32)13-14-36(19)25-12-11-23(34-24(25)16-33)21-7-5-6-8-26(21)38-4-2/h5-12,15,19H,3-4,13-14,16-17,33H2,1-2H3/t19-/m1/s1. The molecular weight excluding hydrogens is 517 g/mol. The first kappa shape index (κ1) is 27.7. The van der Waals surface area contributed by atoms with E-state index in [0.717, 1.165) is 34.8 Å². The van der Waals surface area contributed by atoms with Gasteiger partial charge in [-0.1, -0.05) is 30.7 Å². The number of benzene rings is 2. The van der Waals surface area contributed by atoms with Crippen molar-refractivity contribution in [2.24, 2.45) is 5.73 Å². The molecule has 0 saturated carbocycles. The number of pyridine rings is 1. The fourth-order valence-corrected chi connectivity index (χ4v) is 5.00. The van der Waals surface area contributed by atoms with Gasteiger partial charge in [0, 0.05) is 42.8 Å². The summed E-state index contributed by atoms with van der Waals surface area (Å²) in [6.07, 6.45) is -4.01. The highest BCUT2D eigenvalue weighted by atomic mass is 35.5. The van der Waals surface area contributed by atoms with Gasteiger partial charge in [0.15, 0.2) is 0 Å². The average Bonchev–Trinajstić information content (AvgIpc) is 2.92. The lowest BCUT2D eigenvalue weighted by molar-refractivity contribution is -0.138. The Balaban J connectivity index is 1.60. The third kappa shape index (κ3) is 5.73. The molecule has 4 rings (SSSR count). The SMILES string of the molecule is CCOc1ccccc1-c1ccc(N2CCN(C(=O)c3ccc(Cl)cc3C(F)(F)F)C[C@H]2CC)c(CN)n1. The molecule has 1 aliphatic heterocycles. The van der Waals surface area contributed by atoms with Crippen LogP contribution in [0.25, 0.3) is 11.3 Å². The van der Waals surface area contributed by atoms with Crippen LogP contribution in [0.1, 0.15) is 41.9 Å². The van der Waals surface area contributed by atoms with Gasteiger partial charge in [-0.25, -0.2) is 4.98 Å². The predicted molar refractivity (Wildman–Crippen MR) is 143 cm³/mol. The lowest BCUT2D eigenvalue weighted by atomic mass is 10.0. The minimum atomic E-state index is -4.69. The molecule has 2 N–H and O–H groups in total. The number of para-hydroxylation sites is 1. The molecule has 6 nitrogen and oxygen atoms in total. The van der Waals surface area contributed by atoms with Gasteiger partial charge in [-0.3, -0.25) is 4.79 Å². The number of alkyl halides is 3. The van der Waals surface area contributed by atoms with Gasteiger partial charge >= 0.3 is 6.18 Å². The Bertz CT molecular complexity index is 1300. The normalized spacial score (nSPS) is 16.0. The van der Waals surface area contributed by atoms with Gasteiger partial charge in [0.2, 0.25) is 0 Å². The van der Waals surface area contributed by atoms with E-state index in [1.807, 2.05) is 50.2 Å². The van der Waals surface area contributed by atoms with E-state index in [4.69, 9.17) is 27.1 Å². The molecule has 202 valence electrons. The second kappa shape index (κ2) is 11.6. The first-order valence-electron chi connectivity index (χ1n) is 12.5. The molecule has 2 heterocycles. The summed E-state index contributed by atoms with van der Waals surface area (Å²) in [6.45, 7) is 5.60. The smallest absolute Gasteiger partial charge is 0.417 e. The molecule has 1 aliphatic rings. The number of ether oxygens (including phenoxy) is 1. The number of carbonyl (C=O) groups excluding carboxylic acids is 1. The van der Waals surface area contributed by atoms with E-state index >= 15 is 0 Å². The van der Waals surface area contributed by atoms with Gasteiger partial charge in [-0.2, -0.15) is 13.2 Å². The van der Waals surface area contributed by atoms with E-state index in [-0.39, 0.29) is 30.7 Å². The van der Waals surface area contributed by atoms with Crippen molar-refractivity contribution < 1.29 is 22.7 Å². The lowest BCUT2D eigenvalue weighted by Crippen LogP contribution is -2.55. The summed E-state index contributed by atoms with van der Waals surface area (Å²) in [7, 11) is 0. The van der Waals surface area contributed by atoms with Gasteiger partial charge in [-0.15, -0.1) is 0 Å². The first-order chi connectivity index (χ1) is 18.2. The zero-order valence-electron chi connectivity index (χ0n) is 21.3.